The Bertz CT molecular complexity index is 959. The van der Waals surface area contributed by atoms with E-state index in [-0.39, 0.29) is 5.82 Å². The van der Waals surface area contributed by atoms with Crippen LogP contribution in [0.4, 0.5) is 10.1 Å². The average molecular weight is 422 g/mol. The summed E-state index contributed by atoms with van der Waals surface area (Å²) in [6, 6.07) is 12.8. The van der Waals surface area contributed by atoms with Gasteiger partial charge in [-0.3, -0.25) is 0 Å². The largest absolute Gasteiger partial charge is 0.363 e. The van der Waals surface area contributed by atoms with Gasteiger partial charge in [0.1, 0.15) is 5.82 Å². The van der Waals surface area contributed by atoms with Crippen molar-refractivity contribution in [2.24, 2.45) is 11.8 Å². The Morgan fingerprint density at radius 3 is 2.44 bits per heavy atom. The normalized spacial score (nSPS) is 32.4. The fraction of sp³-hybridized carbons (Fsp3) is 0.333. The molecule has 0 saturated heterocycles. The third kappa shape index (κ3) is 2.27. The molecule has 27 heavy (non-hydrogen) atoms. The Morgan fingerprint density at radius 1 is 0.926 bits per heavy atom. The monoisotopic (exact) mass is 421 g/mol. The highest BCUT2D eigenvalue weighted by atomic mass is 79.9. The van der Waals surface area contributed by atoms with Gasteiger partial charge < -0.3 is 4.90 Å². The maximum Gasteiger partial charge on any atom is 0.123 e. The predicted molar refractivity (Wildman–Crippen MR) is 111 cm³/mol. The number of hydrogen-bond donors (Lipinski definition) is 0. The quantitative estimate of drug-likeness (QED) is 0.476. The Hall–Kier alpha value is -1.87. The molecule has 0 radical (unpaired) electrons. The summed E-state index contributed by atoms with van der Waals surface area (Å²) in [6.45, 7) is 1.06. The molecule has 2 aromatic carbocycles. The molecule has 2 aliphatic heterocycles. The topological polar surface area (TPSA) is 3.24 Å². The minimum absolute atomic E-state index is 0.0780. The molecule has 0 bridgehead atoms. The number of anilines is 1. The molecule has 2 heterocycles. The number of rotatable bonds is 1. The summed E-state index contributed by atoms with van der Waals surface area (Å²) in [7, 11) is 0. The Balaban J connectivity index is 1.59. The van der Waals surface area contributed by atoms with Crippen LogP contribution in [0, 0.1) is 17.7 Å². The third-order valence-corrected chi connectivity index (χ3v) is 7.55. The van der Waals surface area contributed by atoms with E-state index in [0.717, 1.165) is 23.9 Å². The van der Waals surface area contributed by atoms with Crippen LogP contribution in [0.1, 0.15) is 47.4 Å². The van der Waals surface area contributed by atoms with Crippen LogP contribution in [0.2, 0.25) is 0 Å². The van der Waals surface area contributed by atoms with Crippen molar-refractivity contribution in [1.29, 1.82) is 0 Å². The molecule has 1 nitrogen and oxygen atoms in total. The van der Waals surface area contributed by atoms with Crippen LogP contribution in [0.5, 0.6) is 0 Å². The zero-order valence-electron chi connectivity index (χ0n) is 15.0. The molecule has 136 valence electrons. The lowest BCUT2D eigenvalue weighted by Crippen LogP contribution is -2.46. The van der Waals surface area contributed by atoms with E-state index in [4.69, 9.17) is 0 Å². The van der Waals surface area contributed by atoms with Crippen LogP contribution in [-0.4, -0.2) is 6.54 Å². The van der Waals surface area contributed by atoms with Crippen molar-refractivity contribution in [2.45, 2.75) is 30.7 Å². The van der Waals surface area contributed by atoms with E-state index < -0.39 is 0 Å². The first-order valence-electron chi connectivity index (χ1n) is 9.89. The molecular formula is C24H21BrFN. The van der Waals surface area contributed by atoms with Crippen molar-refractivity contribution in [3.05, 3.63) is 87.7 Å². The van der Waals surface area contributed by atoms with Gasteiger partial charge in [0.2, 0.25) is 0 Å². The molecule has 2 aliphatic carbocycles. The van der Waals surface area contributed by atoms with E-state index in [1.807, 2.05) is 0 Å². The lowest BCUT2D eigenvalue weighted by Gasteiger charge is -2.51. The standard InChI is InChI=1S/C24H21BrFN/c25-16-9-7-14(8-10-16)23-20-6-2-5-19(20)22-12-17(26)11-21-18-4-1-3-15(18)13-27(23)24(21)22/h1-2,4-5,7-12,15,18-20,23H,3,6,13H2/t15-,18-,19-,20+,23+/m1/s1. The fourth-order valence-electron chi connectivity index (χ4n) is 5.98. The smallest absolute Gasteiger partial charge is 0.123 e. The van der Waals surface area contributed by atoms with E-state index in [2.05, 4.69) is 69.4 Å². The minimum Gasteiger partial charge on any atom is -0.363 e. The van der Waals surface area contributed by atoms with Crippen LogP contribution < -0.4 is 4.90 Å². The number of nitrogens with zero attached hydrogens (tertiary/aromatic N) is 1. The van der Waals surface area contributed by atoms with Crippen LogP contribution in [-0.2, 0) is 0 Å². The molecule has 2 aromatic rings. The average Bonchev–Trinajstić information content (AvgIpc) is 3.32. The van der Waals surface area contributed by atoms with Gasteiger partial charge in [0.05, 0.1) is 6.04 Å². The lowest BCUT2D eigenvalue weighted by atomic mass is 9.70. The summed E-state index contributed by atoms with van der Waals surface area (Å²) < 4.78 is 15.7. The van der Waals surface area contributed by atoms with Gasteiger partial charge in [0, 0.05) is 28.5 Å². The molecule has 0 fully saturated rings. The molecule has 5 atom stereocenters. The van der Waals surface area contributed by atoms with Crippen molar-refractivity contribution < 1.29 is 4.39 Å². The van der Waals surface area contributed by atoms with E-state index in [9.17, 15) is 4.39 Å². The van der Waals surface area contributed by atoms with E-state index in [1.54, 1.807) is 12.1 Å². The fourth-order valence-corrected chi connectivity index (χ4v) is 6.24. The Morgan fingerprint density at radius 2 is 1.63 bits per heavy atom. The number of hydrogen-bond acceptors (Lipinski definition) is 1. The first-order chi connectivity index (χ1) is 13.2. The molecule has 6 rings (SSSR count). The number of benzene rings is 2. The SMILES string of the molecule is Fc1cc2c3c(c1)[C@@H]1C=CC[C@@H]1[C@H](c1ccc(Br)cc1)N3C[C@H]1CC=C[C@@H]21. The summed E-state index contributed by atoms with van der Waals surface area (Å²) in [6.07, 6.45) is 11.4. The molecule has 4 aliphatic rings. The lowest BCUT2D eigenvalue weighted by molar-refractivity contribution is 0.333. The Kier molecular flexibility index (Phi) is 3.47. The summed E-state index contributed by atoms with van der Waals surface area (Å²) in [5, 5.41) is 0. The zero-order chi connectivity index (χ0) is 18.1. The molecule has 0 saturated carbocycles. The first-order valence-corrected chi connectivity index (χ1v) is 10.7. The summed E-state index contributed by atoms with van der Waals surface area (Å²) >= 11 is 3.58. The molecule has 0 amide bonds. The van der Waals surface area contributed by atoms with Crippen molar-refractivity contribution in [2.75, 3.05) is 11.4 Å². The predicted octanol–water partition coefficient (Wildman–Crippen LogP) is 6.48. The Labute approximate surface area is 167 Å². The van der Waals surface area contributed by atoms with Gasteiger partial charge in [0.15, 0.2) is 0 Å². The second-order valence-electron chi connectivity index (χ2n) is 8.38. The molecule has 0 aromatic heterocycles. The van der Waals surface area contributed by atoms with Gasteiger partial charge in [-0.25, -0.2) is 4.39 Å². The highest BCUT2D eigenvalue weighted by Crippen LogP contribution is 2.58. The summed E-state index contributed by atoms with van der Waals surface area (Å²) in [5.41, 5.74) is 5.10. The van der Waals surface area contributed by atoms with Crippen LogP contribution in [0.3, 0.4) is 0 Å². The highest BCUT2D eigenvalue weighted by Gasteiger charge is 2.47. The van der Waals surface area contributed by atoms with Crippen molar-refractivity contribution in [3.8, 4) is 0 Å². The van der Waals surface area contributed by atoms with Crippen LogP contribution in [0.15, 0.2) is 65.2 Å². The summed E-state index contributed by atoms with van der Waals surface area (Å²) in [5.74, 6) is 1.67. The van der Waals surface area contributed by atoms with Crippen molar-refractivity contribution >= 4 is 21.6 Å². The highest BCUT2D eigenvalue weighted by molar-refractivity contribution is 9.10. The first kappa shape index (κ1) is 16.1. The van der Waals surface area contributed by atoms with Gasteiger partial charge in [-0.1, -0.05) is 52.4 Å². The van der Waals surface area contributed by atoms with Gasteiger partial charge in [0.25, 0.3) is 0 Å². The van der Waals surface area contributed by atoms with E-state index >= 15 is 0 Å². The molecule has 0 unspecified atom stereocenters. The van der Waals surface area contributed by atoms with E-state index in [1.165, 1.54) is 22.4 Å². The maximum atomic E-state index is 14.6. The van der Waals surface area contributed by atoms with Gasteiger partial charge in [-0.05, 0) is 65.6 Å². The third-order valence-electron chi connectivity index (χ3n) is 7.03. The van der Waals surface area contributed by atoms with Gasteiger partial charge >= 0.3 is 0 Å². The number of halogens is 2. The van der Waals surface area contributed by atoms with Gasteiger partial charge in [-0.2, -0.15) is 0 Å². The van der Waals surface area contributed by atoms with Crippen molar-refractivity contribution in [3.63, 3.8) is 0 Å². The second kappa shape index (κ2) is 5.81. The van der Waals surface area contributed by atoms with Crippen molar-refractivity contribution in [1.82, 2.24) is 0 Å². The summed E-state index contributed by atoms with van der Waals surface area (Å²) in [4.78, 5) is 2.62. The van der Waals surface area contributed by atoms with Gasteiger partial charge in [-0.15, -0.1) is 0 Å². The minimum atomic E-state index is -0.0780. The molecule has 0 spiro atoms. The van der Waals surface area contributed by atoms with Crippen LogP contribution >= 0.6 is 15.9 Å². The number of allylic oxidation sites excluding steroid dienone is 4. The molecule has 0 N–H and O–H groups in total. The van der Waals surface area contributed by atoms with Crippen LogP contribution in [0.25, 0.3) is 0 Å². The second-order valence-corrected chi connectivity index (χ2v) is 9.30. The molecular weight excluding hydrogens is 401 g/mol. The molecule has 3 heteroatoms. The van der Waals surface area contributed by atoms with E-state index in [0.29, 0.717) is 29.7 Å². The zero-order valence-corrected chi connectivity index (χ0v) is 16.6. The number of fused-ring (bicyclic) bond motifs is 4. The maximum absolute atomic E-state index is 14.6.